The lowest BCUT2D eigenvalue weighted by Gasteiger charge is -2.28. The van der Waals surface area contributed by atoms with Crippen molar-refractivity contribution in [3.8, 4) is 0 Å². The Balaban J connectivity index is 1.73. The molecule has 5 heteroatoms. The van der Waals surface area contributed by atoms with E-state index >= 15 is 0 Å². The van der Waals surface area contributed by atoms with Gasteiger partial charge in [0.25, 0.3) is 0 Å². The SMILES string of the molecule is FC(F)(F)CN(CCC1CCNCC1)C1CC1. The van der Waals surface area contributed by atoms with Crippen LogP contribution in [0.2, 0.25) is 0 Å². The zero-order valence-electron chi connectivity index (χ0n) is 10.1. The zero-order chi connectivity index (χ0) is 12.3. The van der Waals surface area contributed by atoms with Gasteiger partial charge in [0.1, 0.15) is 0 Å². The second-order valence-electron chi connectivity index (χ2n) is 5.30. The van der Waals surface area contributed by atoms with E-state index in [4.69, 9.17) is 0 Å². The minimum absolute atomic E-state index is 0.207. The summed E-state index contributed by atoms with van der Waals surface area (Å²) in [6.07, 6.45) is 1.00. The minimum atomic E-state index is -4.04. The van der Waals surface area contributed by atoms with Crippen LogP contribution in [0.15, 0.2) is 0 Å². The Hall–Kier alpha value is -0.290. The van der Waals surface area contributed by atoms with E-state index in [-0.39, 0.29) is 6.04 Å². The van der Waals surface area contributed by atoms with Crippen LogP contribution in [0.3, 0.4) is 0 Å². The van der Waals surface area contributed by atoms with Crippen LogP contribution in [0, 0.1) is 5.92 Å². The molecule has 1 saturated carbocycles. The van der Waals surface area contributed by atoms with Crippen LogP contribution in [0.1, 0.15) is 32.1 Å². The van der Waals surface area contributed by atoms with E-state index in [0.29, 0.717) is 12.5 Å². The van der Waals surface area contributed by atoms with Crippen molar-refractivity contribution in [1.29, 1.82) is 0 Å². The zero-order valence-corrected chi connectivity index (χ0v) is 10.1. The molecule has 100 valence electrons. The molecular weight excluding hydrogens is 229 g/mol. The van der Waals surface area contributed by atoms with Crippen LogP contribution >= 0.6 is 0 Å². The van der Waals surface area contributed by atoms with Crippen LogP contribution in [0.25, 0.3) is 0 Å². The second-order valence-corrected chi connectivity index (χ2v) is 5.30. The van der Waals surface area contributed by atoms with Gasteiger partial charge in [0, 0.05) is 6.04 Å². The topological polar surface area (TPSA) is 15.3 Å². The molecule has 17 heavy (non-hydrogen) atoms. The van der Waals surface area contributed by atoms with E-state index in [1.807, 2.05) is 0 Å². The van der Waals surface area contributed by atoms with Crippen LogP contribution < -0.4 is 5.32 Å². The molecule has 1 aliphatic carbocycles. The lowest BCUT2D eigenvalue weighted by Crippen LogP contribution is -2.38. The van der Waals surface area contributed by atoms with Gasteiger partial charge in [-0.2, -0.15) is 13.2 Å². The first kappa shape index (κ1) is 13.1. The number of hydrogen-bond acceptors (Lipinski definition) is 2. The largest absolute Gasteiger partial charge is 0.401 e. The Labute approximate surface area is 101 Å². The quantitative estimate of drug-likeness (QED) is 0.806. The van der Waals surface area contributed by atoms with Crippen molar-refractivity contribution < 1.29 is 13.2 Å². The molecular formula is C12H21F3N2. The average molecular weight is 250 g/mol. The van der Waals surface area contributed by atoms with Gasteiger partial charge in [-0.3, -0.25) is 4.90 Å². The highest BCUT2D eigenvalue weighted by Gasteiger charge is 2.37. The fourth-order valence-corrected chi connectivity index (χ4v) is 2.58. The van der Waals surface area contributed by atoms with Gasteiger partial charge in [0.2, 0.25) is 0 Å². The molecule has 0 unspecified atom stereocenters. The number of piperidine rings is 1. The van der Waals surface area contributed by atoms with Gasteiger partial charge in [-0.15, -0.1) is 0 Å². The van der Waals surface area contributed by atoms with E-state index in [1.165, 1.54) is 0 Å². The maximum Gasteiger partial charge on any atom is 0.401 e. The number of hydrogen-bond donors (Lipinski definition) is 1. The van der Waals surface area contributed by atoms with Crippen molar-refractivity contribution in [1.82, 2.24) is 10.2 Å². The third kappa shape index (κ3) is 4.84. The highest BCUT2D eigenvalue weighted by Crippen LogP contribution is 2.31. The van der Waals surface area contributed by atoms with E-state index < -0.39 is 12.7 Å². The lowest BCUT2D eigenvalue weighted by molar-refractivity contribution is -0.147. The van der Waals surface area contributed by atoms with Crippen molar-refractivity contribution in [2.45, 2.75) is 44.3 Å². The third-order valence-electron chi connectivity index (χ3n) is 3.73. The van der Waals surface area contributed by atoms with Gasteiger partial charge in [-0.1, -0.05) is 0 Å². The molecule has 0 aromatic rings. The minimum Gasteiger partial charge on any atom is -0.317 e. The van der Waals surface area contributed by atoms with Crippen LogP contribution in [-0.2, 0) is 0 Å². The molecule has 0 amide bonds. The third-order valence-corrected chi connectivity index (χ3v) is 3.73. The van der Waals surface area contributed by atoms with E-state index in [0.717, 1.165) is 45.2 Å². The monoisotopic (exact) mass is 250 g/mol. The fourth-order valence-electron chi connectivity index (χ4n) is 2.58. The average Bonchev–Trinajstić information content (AvgIpc) is 3.08. The van der Waals surface area contributed by atoms with E-state index in [1.54, 1.807) is 4.90 Å². The van der Waals surface area contributed by atoms with Crippen molar-refractivity contribution in [3.63, 3.8) is 0 Å². The fraction of sp³-hybridized carbons (Fsp3) is 1.00. The van der Waals surface area contributed by atoms with Gasteiger partial charge in [-0.25, -0.2) is 0 Å². The standard InChI is InChI=1S/C12H21F3N2/c13-12(14,15)9-17(11-1-2-11)8-5-10-3-6-16-7-4-10/h10-11,16H,1-9H2. The van der Waals surface area contributed by atoms with E-state index in [9.17, 15) is 13.2 Å². The summed E-state index contributed by atoms with van der Waals surface area (Å²) in [5.41, 5.74) is 0. The number of rotatable bonds is 5. The molecule has 1 heterocycles. The molecule has 0 aromatic carbocycles. The smallest absolute Gasteiger partial charge is 0.317 e. The Morgan fingerprint density at radius 1 is 1.06 bits per heavy atom. The number of halogens is 3. The van der Waals surface area contributed by atoms with Crippen LogP contribution in [0.4, 0.5) is 13.2 Å². The molecule has 2 nitrogen and oxygen atoms in total. The molecule has 2 aliphatic rings. The molecule has 2 rings (SSSR count). The van der Waals surface area contributed by atoms with Crippen molar-refractivity contribution in [2.24, 2.45) is 5.92 Å². The Bertz CT molecular complexity index is 232. The van der Waals surface area contributed by atoms with Crippen molar-refractivity contribution in [3.05, 3.63) is 0 Å². The number of nitrogens with zero attached hydrogens (tertiary/aromatic N) is 1. The molecule has 1 N–H and O–H groups in total. The molecule has 0 radical (unpaired) electrons. The first-order chi connectivity index (χ1) is 8.04. The summed E-state index contributed by atoms with van der Waals surface area (Å²) in [5, 5.41) is 3.28. The van der Waals surface area contributed by atoms with Crippen molar-refractivity contribution in [2.75, 3.05) is 26.2 Å². The normalized spacial score (nSPS) is 23.3. The predicted molar refractivity (Wildman–Crippen MR) is 60.9 cm³/mol. The lowest BCUT2D eigenvalue weighted by atomic mass is 9.94. The van der Waals surface area contributed by atoms with E-state index in [2.05, 4.69) is 5.32 Å². The van der Waals surface area contributed by atoms with Gasteiger partial charge in [0.05, 0.1) is 6.54 Å². The summed E-state index contributed by atoms with van der Waals surface area (Å²) in [6, 6.07) is 0.207. The predicted octanol–water partition coefficient (Wildman–Crippen LogP) is 2.40. The highest BCUT2D eigenvalue weighted by molar-refractivity contribution is 4.86. The molecule has 0 aromatic heterocycles. The van der Waals surface area contributed by atoms with Crippen molar-refractivity contribution >= 4 is 0 Å². The first-order valence-corrected chi connectivity index (χ1v) is 6.56. The molecule has 1 saturated heterocycles. The molecule has 0 atom stereocenters. The summed E-state index contributed by atoms with van der Waals surface area (Å²) in [7, 11) is 0. The summed E-state index contributed by atoms with van der Waals surface area (Å²) >= 11 is 0. The van der Waals surface area contributed by atoms with Gasteiger partial charge < -0.3 is 5.32 Å². The van der Waals surface area contributed by atoms with Gasteiger partial charge in [-0.05, 0) is 57.7 Å². The Morgan fingerprint density at radius 2 is 1.71 bits per heavy atom. The van der Waals surface area contributed by atoms with Gasteiger partial charge >= 0.3 is 6.18 Å². The summed E-state index contributed by atoms with van der Waals surface area (Å²) in [4.78, 5) is 1.64. The van der Waals surface area contributed by atoms with Crippen LogP contribution in [0.5, 0.6) is 0 Å². The number of alkyl halides is 3. The maximum atomic E-state index is 12.4. The summed E-state index contributed by atoms with van der Waals surface area (Å²) < 4.78 is 37.2. The number of nitrogens with one attached hydrogen (secondary N) is 1. The Kier molecular flexibility index (Phi) is 4.31. The first-order valence-electron chi connectivity index (χ1n) is 6.56. The molecule has 0 bridgehead atoms. The van der Waals surface area contributed by atoms with Crippen LogP contribution in [-0.4, -0.2) is 43.3 Å². The van der Waals surface area contributed by atoms with Gasteiger partial charge in [0.15, 0.2) is 0 Å². The molecule has 2 fully saturated rings. The highest BCUT2D eigenvalue weighted by atomic mass is 19.4. The maximum absolute atomic E-state index is 12.4. The summed E-state index contributed by atoms with van der Waals surface area (Å²) in [5.74, 6) is 0.616. The second kappa shape index (κ2) is 5.57. The molecule has 0 spiro atoms. The Morgan fingerprint density at radius 3 is 2.24 bits per heavy atom. The summed E-state index contributed by atoms with van der Waals surface area (Å²) in [6.45, 7) is 1.94. The molecule has 1 aliphatic heterocycles.